The van der Waals surface area contributed by atoms with Crippen molar-refractivity contribution in [2.75, 3.05) is 5.32 Å². The number of thiophene rings is 1. The molecule has 0 aliphatic rings. The SMILES string of the molecule is O=C(Nc1nn2c(-c3ccccc3)nnc2s1)c1cccs1. The van der Waals surface area contributed by atoms with Crippen molar-refractivity contribution in [3.8, 4) is 11.4 Å². The van der Waals surface area contributed by atoms with Crippen molar-refractivity contribution < 1.29 is 4.79 Å². The van der Waals surface area contributed by atoms with Crippen molar-refractivity contribution in [1.82, 2.24) is 19.8 Å². The van der Waals surface area contributed by atoms with Gasteiger partial charge in [0.1, 0.15) is 0 Å². The first kappa shape index (κ1) is 13.1. The largest absolute Gasteiger partial charge is 0.296 e. The number of anilines is 1. The van der Waals surface area contributed by atoms with Gasteiger partial charge in [-0.15, -0.1) is 26.6 Å². The van der Waals surface area contributed by atoms with Crippen molar-refractivity contribution in [3.63, 3.8) is 0 Å². The Kier molecular flexibility index (Phi) is 3.17. The van der Waals surface area contributed by atoms with Crippen molar-refractivity contribution in [1.29, 1.82) is 0 Å². The van der Waals surface area contributed by atoms with E-state index < -0.39 is 0 Å². The third kappa shape index (κ3) is 2.28. The molecule has 0 saturated heterocycles. The molecule has 22 heavy (non-hydrogen) atoms. The highest BCUT2D eigenvalue weighted by molar-refractivity contribution is 7.20. The molecule has 1 amide bonds. The molecule has 3 aromatic heterocycles. The molecular weight excluding hydrogens is 318 g/mol. The zero-order valence-electron chi connectivity index (χ0n) is 11.1. The first-order chi connectivity index (χ1) is 10.8. The molecule has 108 valence electrons. The minimum atomic E-state index is -0.166. The number of carbonyl (C=O) groups excluding carboxylic acids is 1. The quantitative estimate of drug-likeness (QED) is 0.627. The number of rotatable bonds is 3. The molecule has 0 aliphatic carbocycles. The fourth-order valence-electron chi connectivity index (χ4n) is 2.00. The number of hydrogen-bond acceptors (Lipinski definition) is 6. The van der Waals surface area contributed by atoms with Gasteiger partial charge in [0.25, 0.3) is 5.91 Å². The van der Waals surface area contributed by atoms with E-state index in [0.717, 1.165) is 5.56 Å². The standard InChI is InChI=1S/C14H9N5OS2/c20-12(10-7-4-8-21-10)15-13-18-19-11(16-17-14(19)22-13)9-5-2-1-3-6-9/h1-8H,(H,15,18,20). The highest BCUT2D eigenvalue weighted by atomic mass is 32.1. The molecule has 0 saturated carbocycles. The maximum Gasteiger partial charge on any atom is 0.267 e. The summed E-state index contributed by atoms with van der Waals surface area (Å²) in [5.74, 6) is 0.490. The first-order valence-electron chi connectivity index (χ1n) is 6.44. The third-order valence-electron chi connectivity index (χ3n) is 2.99. The lowest BCUT2D eigenvalue weighted by atomic mass is 10.2. The second-order valence-corrected chi connectivity index (χ2v) is 6.33. The van der Waals surface area contributed by atoms with Gasteiger partial charge in [-0.1, -0.05) is 47.7 Å². The third-order valence-corrected chi connectivity index (χ3v) is 4.67. The maximum absolute atomic E-state index is 12.0. The van der Waals surface area contributed by atoms with Gasteiger partial charge in [-0.25, -0.2) is 0 Å². The van der Waals surface area contributed by atoms with E-state index in [0.29, 0.717) is 20.8 Å². The lowest BCUT2D eigenvalue weighted by Gasteiger charge is -1.97. The Morgan fingerprint density at radius 1 is 1.09 bits per heavy atom. The molecule has 4 aromatic rings. The predicted octanol–water partition coefficient (Wildman–Crippen LogP) is 3.17. The van der Waals surface area contributed by atoms with E-state index in [2.05, 4.69) is 20.6 Å². The predicted molar refractivity (Wildman–Crippen MR) is 86.4 cm³/mol. The van der Waals surface area contributed by atoms with Gasteiger partial charge in [0.05, 0.1) is 4.88 Å². The molecule has 0 bridgehead atoms. The minimum Gasteiger partial charge on any atom is -0.296 e. The Morgan fingerprint density at radius 2 is 1.95 bits per heavy atom. The molecule has 6 nitrogen and oxygen atoms in total. The normalized spacial score (nSPS) is 10.9. The summed E-state index contributed by atoms with van der Waals surface area (Å²) in [5.41, 5.74) is 0.927. The molecule has 0 fully saturated rings. The van der Waals surface area contributed by atoms with Crippen LogP contribution >= 0.6 is 22.7 Å². The highest BCUT2D eigenvalue weighted by Gasteiger charge is 2.15. The van der Waals surface area contributed by atoms with Gasteiger partial charge in [0.2, 0.25) is 10.1 Å². The molecule has 3 heterocycles. The number of carbonyl (C=O) groups is 1. The average molecular weight is 327 g/mol. The summed E-state index contributed by atoms with van der Waals surface area (Å²) in [6, 6.07) is 13.3. The van der Waals surface area contributed by atoms with Gasteiger partial charge in [0, 0.05) is 5.56 Å². The number of hydrogen-bond donors (Lipinski definition) is 1. The average Bonchev–Trinajstić information content (AvgIpc) is 3.24. The smallest absolute Gasteiger partial charge is 0.267 e. The molecule has 0 atom stereocenters. The van der Waals surface area contributed by atoms with Crippen LogP contribution in [0.4, 0.5) is 5.13 Å². The fraction of sp³-hybridized carbons (Fsp3) is 0. The zero-order chi connectivity index (χ0) is 14.9. The van der Waals surface area contributed by atoms with Crippen LogP contribution in [0.15, 0.2) is 47.8 Å². The van der Waals surface area contributed by atoms with Crippen LogP contribution < -0.4 is 5.32 Å². The van der Waals surface area contributed by atoms with Gasteiger partial charge in [0.15, 0.2) is 5.82 Å². The number of fused-ring (bicyclic) bond motifs is 1. The van der Waals surface area contributed by atoms with Crippen LogP contribution in [0.1, 0.15) is 9.67 Å². The van der Waals surface area contributed by atoms with Crippen LogP contribution in [0.2, 0.25) is 0 Å². The number of nitrogens with one attached hydrogen (secondary N) is 1. The monoisotopic (exact) mass is 327 g/mol. The second kappa shape index (κ2) is 5.32. The van der Waals surface area contributed by atoms with Crippen LogP contribution in [0.3, 0.4) is 0 Å². The van der Waals surface area contributed by atoms with Gasteiger partial charge >= 0.3 is 0 Å². The molecule has 0 spiro atoms. The van der Waals surface area contributed by atoms with E-state index in [1.807, 2.05) is 41.8 Å². The topological polar surface area (TPSA) is 72.2 Å². The first-order valence-corrected chi connectivity index (χ1v) is 8.13. The maximum atomic E-state index is 12.0. The minimum absolute atomic E-state index is 0.166. The summed E-state index contributed by atoms with van der Waals surface area (Å²) < 4.78 is 1.64. The van der Waals surface area contributed by atoms with E-state index in [9.17, 15) is 4.79 Å². The summed E-state index contributed by atoms with van der Waals surface area (Å²) >= 11 is 2.68. The molecule has 0 unspecified atom stereocenters. The summed E-state index contributed by atoms with van der Waals surface area (Å²) in [6.45, 7) is 0. The van der Waals surface area contributed by atoms with E-state index in [4.69, 9.17) is 0 Å². The second-order valence-electron chi connectivity index (χ2n) is 4.42. The molecule has 0 radical (unpaired) electrons. The van der Waals surface area contributed by atoms with Crippen molar-refractivity contribution in [2.24, 2.45) is 0 Å². The molecule has 8 heteroatoms. The highest BCUT2D eigenvalue weighted by Crippen LogP contribution is 2.24. The number of benzene rings is 1. The van der Waals surface area contributed by atoms with Crippen LogP contribution in [-0.2, 0) is 0 Å². The lowest BCUT2D eigenvalue weighted by molar-refractivity contribution is 0.103. The Balaban J connectivity index is 1.67. The molecule has 1 aromatic carbocycles. The summed E-state index contributed by atoms with van der Waals surface area (Å²) in [4.78, 5) is 13.3. The molecular formula is C14H9N5OS2. The lowest BCUT2D eigenvalue weighted by Crippen LogP contribution is -2.10. The van der Waals surface area contributed by atoms with Crippen molar-refractivity contribution in [2.45, 2.75) is 0 Å². The van der Waals surface area contributed by atoms with Gasteiger partial charge in [-0.2, -0.15) is 4.52 Å². The van der Waals surface area contributed by atoms with Crippen LogP contribution in [0.25, 0.3) is 16.3 Å². The van der Waals surface area contributed by atoms with Crippen LogP contribution in [0, 0.1) is 0 Å². The Bertz CT molecular complexity index is 927. The Hall–Kier alpha value is -2.58. The number of nitrogens with zero attached hydrogens (tertiary/aromatic N) is 4. The molecule has 4 rings (SSSR count). The number of aromatic nitrogens is 4. The summed E-state index contributed by atoms with van der Waals surface area (Å²) in [6.07, 6.45) is 0. The van der Waals surface area contributed by atoms with Crippen LogP contribution in [-0.4, -0.2) is 25.7 Å². The Morgan fingerprint density at radius 3 is 2.73 bits per heavy atom. The van der Waals surface area contributed by atoms with Gasteiger partial charge in [-0.05, 0) is 11.4 Å². The van der Waals surface area contributed by atoms with E-state index in [1.165, 1.54) is 22.7 Å². The molecule has 1 N–H and O–H groups in total. The van der Waals surface area contributed by atoms with E-state index in [1.54, 1.807) is 10.6 Å². The van der Waals surface area contributed by atoms with Crippen LogP contribution in [0.5, 0.6) is 0 Å². The molecule has 0 aliphatic heterocycles. The van der Waals surface area contributed by atoms with Crippen molar-refractivity contribution >= 4 is 38.7 Å². The number of amides is 1. The summed E-state index contributed by atoms with van der Waals surface area (Å²) in [5, 5.41) is 17.8. The zero-order valence-corrected chi connectivity index (χ0v) is 12.8. The van der Waals surface area contributed by atoms with E-state index >= 15 is 0 Å². The van der Waals surface area contributed by atoms with Gasteiger partial charge in [-0.3, -0.25) is 10.1 Å². The van der Waals surface area contributed by atoms with Gasteiger partial charge < -0.3 is 0 Å². The van der Waals surface area contributed by atoms with Crippen molar-refractivity contribution in [3.05, 3.63) is 52.7 Å². The summed E-state index contributed by atoms with van der Waals surface area (Å²) in [7, 11) is 0. The Labute approximate surface area is 133 Å². The van der Waals surface area contributed by atoms with E-state index in [-0.39, 0.29) is 5.91 Å². The fourth-order valence-corrected chi connectivity index (χ4v) is 3.35.